The van der Waals surface area contributed by atoms with E-state index in [1.165, 1.54) is 10.4 Å². The van der Waals surface area contributed by atoms with E-state index in [1.807, 2.05) is 6.92 Å². The Bertz CT molecular complexity index is 893. The molecular weight excluding hydrogens is 324 g/mol. The first-order valence-electron chi connectivity index (χ1n) is 8.10. The molecule has 0 saturated carbocycles. The van der Waals surface area contributed by atoms with E-state index in [2.05, 4.69) is 32.3 Å². The van der Waals surface area contributed by atoms with Gasteiger partial charge in [0.05, 0.1) is 5.39 Å². The molecule has 0 aliphatic heterocycles. The molecular formula is C18H24N2OS2. The summed E-state index contributed by atoms with van der Waals surface area (Å²) in [6.07, 6.45) is 3.21. The predicted octanol–water partition coefficient (Wildman–Crippen LogP) is 4.85. The second-order valence-electron chi connectivity index (χ2n) is 7.79. The first-order chi connectivity index (χ1) is 10.7. The highest BCUT2D eigenvalue weighted by Gasteiger charge is 2.31. The highest BCUT2D eigenvalue weighted by molar-refractivity contribution is 7.71. The fraction of sp³-hybridized carbons (Fsp3) is 0.556. The van der Waals surface area contributed by atoms with Crippen molar-refractivity contribution in [2.45, 2.75) is 53.5 Å². The highest BCUT2D eigenvalue weighted by Crippen LogP contribution is 2.41. The third kappa shape index (κ3) is 2.96. The van der Waals surface area contributed by atoms with Crippen LogP contribution in [0.4, 0.5) is 0 Å². The highest BCUT2D eigenvalue weighted by atomic mass is 32.1. The van der Waals surface area contributed by atoms with Crippen molar-refractivity contribution in [3.8, 4) is 0 Å². The third-order valence-electron chi connectivity index (χ3n) is 4.84. The van der Waals surface area contributed by atoms with Crippen LogP contribution in [0.3, 0.4) is 0 Å². The Hall–Kier alpha value is -1.20. The van der Waals surface area contributed by atoms with Crippen molar-refractivity contribution < 1.29 is 0 Å². The standard InChI is InChI=1S/C18H24N2OS2/c1-10(2)9-20-16(21)14-12-7-6-11(18(3,4)5)8-13(12)23-15(14)19-17(20)22/h11H,1,6-9H2,2-5H3,(H,19,22)/t11-/m1/s1. The van der Waals surface area contributed by atoms with Crippen molar-refractivity contribution in [2.75, 3.05) is 0 Å². The van der Waals surface area contributed by atoms with E-state index in [0.717, 1.165) is 35.1 Å². The molecule has 1 atom stereocenters. The van der Waals surface area contributed by atoms with Gasteiger partial charge in [0, 0.05) is 11.4 Å². The van der Waals surface area contributed by atoms with Gasteiger partial charge in [0.15, 0.2) is 4.77 Å². The van der Waals surface area contributed by atoms with E-state index in [0.29, 0.717) is 22.6 Å². The maximum absolute atomic E-state index is 12.9. The lowest BCUT2D eigenvalue weighted by Crippen LogP contribution is -2.27. The van der Waals surface area contributed by atoms with Gasteiger partial charge in [0.1, 0.15) is 4.83 Å². The Kier molecular flexibility index (Phi) is 4.13. The number of H-pyrrole nitrogens is 1. The number of aryl methyl sites for hydroxylation is 1. The number of hydrogen-bond acceptors (Lipinski definition) is 3. The van der Waals surface area contributed by atoms with Gasteiger partial charge < -0.3 is 4.98 Å². The van der Waals surface area contributed by atoms with Crippen LogP contribution in [0.5, 0.6) is 0 Å². The number of allylic oxidation sites excluding steroid dienone is 1. The fourth-order valence-corrected chi connectivity index (χ4v) is 5.08. The summed E-state index contributed by atoms with van der Waals surface area (Å²) >= 11 is 7.10. The molecule has 3 rings (SSSR count). The van der Waals surface area contributed by atoms with Gasteiger partial charge >= 0.3 is 0 Å². The van der Waals surface area contributed by atoms with E-state index >= 15 is 0 Å². The van der Waals surface area contributed by atoms with Crippen molar-refractivity contribution in [1.82, 2.24) is 9.55 Å². The van der Waals surface area contributed by atoms with Crippen LogP contribution in [-0.2, 0) is 19.4 Å². The molecule has 2 aromatic rings. The van der Waals surface area contributed by atoms with Crippen molar-refractivity contribution in [3.05, 3.63) is 37.7 Å². The van der Waals surface area contributed by atoms with Gasteiger partial charge in [0.25, 0.3) is 5.56 Å². The molecule has 0 unspecified atom stereocenters. The van der Waals surface area contributed by atoms with Crippen LogP contribution in [0.2, 0.25) is 0 Å². The maximum atomic E-state index is 12.9. The molecule has 1 aliphatic rings. The fourth-order valence-electron chi connectivity index (χ4n) is 3.44. The minimum atomic E-state index is 0.0402. The van der Waals surface area contributed by atoms with Crippen molar-refractivity contribution >= 4 is 33.8 Å². The smallest absolute Gasteiger partial charge is 0.263 e. The molecule has 5 heteroatoms. The molecule has 0 fully saturated rings. The zero-order chi connectivity index (χ0) is 16.9. The van der Waals surface area contributed by atoms with Gasteiger partial charge in [-0.1, -0.05) is 32.9 Å². The average molecular weight is 349 g/mol. The minimum absolute atomic E-state index is 0.0402. The largest absolute Gasteiger partial charge is 0.323 e. The molecule has 2 heterocycles. The maximum Gasteiger partial charge on any atom is 0.263 e. The number of aromatic nitrogens is 2. The number of nitrogens with zero attached hydrogens (tertiary/aromatic N) is 1. The van der Waals surface area contributed by atoms with E-state index in [-0.39, 0.29) is 5.56 Å². The normalized spacial score (nSPS) is 18.2. The van der Waals surface area contributed by atoms with Gasteiger partial charge in [0.2, 0.25) is 0 Å². The van der Waals surface area contributed by atoms with Gasteiger partial charge in [-0.3, -0.25) is 9.36 Å². The summed E-state index contributed by atoms with van der Waals surface area (Å²) in [5.41, 5.74) is 2.53. The lowest BCUT2D eigenvalue weighted by molar-refractivity contribution is 0.218. The van der Waals surface area contributed by atoms with Crippen LogP contribution in [0.15, 0.2) is 16.9 Å². The van der Waals surface area contributed by atoms with Crippen molar-refractivity contribution in [1.29, 1.82) is 0 Å². The van der Waals surface area contributed by atoms with Crippen LogP contribution in [0, 0.1) is 16.1 Å². The first kappa shape index (κ1) is 16.7. The Balaban J connectivity index is 2.16. The van der Waals surface area contributed by atoms with Gasteiger partial charge in [-0.25, -0.2) is 0 Å². The Labute approximate surface area is 146 Å². The molecule has 0 radical (unpaired) electrons. The van der Waals surface area contributed by atoms with E-state index in [9.17, 15) is 4.79 Å². The van der Waals surface area contributed by atoms with E-state index in [1.54, 1.807) is 15.9 Å². The lowest BCUT2D eigenvalue weighted by Gasteiger charge is -2.33. The van der Waals surface area contributed by atoms with Crippen LogP contribution in [0.25, 0.3) is 10.2 Å². The molecule has 0 saturated heterocycles. The quantitative estimate of drug-likeness (QED) is 0.622. The molecule has 124 valence electrons. The van der Waals surface area contributed by atoms with Crippen LogP contribution >= 0.6 is 23.6 Å². The number of rotatable bonds is 2. The minimum Gasteiger partial charge on any atom is -0.323 e. The third-order valence-corrected chi connectivity index (χ3v) is 6.33. The number of nitrogens with one attached hydrogen (secondary N) is 1. The second kappa shape index (κ2) is 5.71. The van der Waals surface area contributed by atoms with E-state index < -0.39 is 0 Å². The number of fused-ring (bicyclic) bond motifs is 3. The van der Waals surface area contributed by atoms with Crippen LogP contribution < -0.4 is 5.56 Å². The molecule has 0 amide bonds. The molecule has 1 aliphatic carbocycles. The molecule has 0 aromatic carbocycles. The Morgan fingerprint density at radius 3 is 2.78 bits per heavy atom. The molecule has 0 bridgehead atoms. The number of aromatic amines is 1. The molecule has 1 N–H and O–H groups in total. The first-order valence-corrected chi connectivity index (χ1v) is 9.32. The summed E-state index contributed by atoms with van der Waals surface area (Å²) in [6, 6.07) is 0. The molecule has 3 nitrogen and oxygen atoms in total. The summed E-state index contributed by atoms with van der Waals surface area (Å²) in [5, 5.41) is 0.854. The molecule has 0 spiro atoms. The monoisotopic (exact) mass is 348 g/mol. The molecule has 2 aromatic heterocycles. The number of hydrogen-bond donors (Lipinski definition) is 1. The summed E-state index contributed by atoms with van der Waals surface area (Å²) in [4.78, 5) is 18.5. The Morgan fingerprint density at radius 2 is 2.17 bits per heavy atom. The van der Waals surface area contributed by atoms with Crippen molar-refractivity contribution in [3.63, 3.8) is 0 Å². The topological polar surface area (TPSA) is 37.8 Å². The summed E-state index contributed by atoms with van der Waals surface area (Å²) in [5.74, 6) is 0.670. The Morgan fingerprint density at radius 1 is 1.48 bits per heavy atom. The second-order valence-corrected chi connectivity index (χ2v) is 9.28. The number of thiophene rings is 1. The average Bonchev–Trinajstić information content (AvgIpc) is 2.79. The van der Waals surface area contributed by atoms with Gasteiger partial charge in [-0.05, 0) is 55.3 Å². The zero-order valence-electron chi connectivity index (χ0n) is 14.3. The summed E-state index contributed by atoms with van der Waals surface area (Å²) in [6.45, 7) is 13.2. The van der Waals surface area contributed by atoms with Crippen molar-refractivity contribution in [2.24, 2.45) is 11.3 Å². The van der Waals surface area contributed by atoms with Gasteiger partial charge in [-0.2, -0.15) is 0 Å². The van der Waals surface area contributed by atoms with Crippen LogP contribution in [0.1, 0.15) is 44.6 Å². The predicted molar refractivity (Wildman–Crippen MR) is 101 cm³/mol. The van der Waals surface area contributed by atoms with Gasteiger partial charge in [-0.15, -0.1) is 11.3 Å². The summed E-state index contributed by atoms with van der Waals surface area (Å²) < 4.78 is 2.14. The van der Waals surface area contributed by atoms with Crippen LogP contribution in [-0.4, -0.2) is 9.55 Å². The SMILES string of the molecule is C=C(C)Cn1c(=S)[nH]c2sc3c(c2c1=O)CC[C@@H](C(C)(C)C)C3. The zero-order valence-corrected chi connectivity index (χ0v) is 15.9. The lowest BCUT2D eigenvalue weighted by atomic mass is 9.72. The molecule has 23 heavy (non-hydrogen) atoms. The van der Waals surface area contributed by atoms with E-state index in [4.69, 9.17) is 12.2 Å². The summed E-state index contributed by atoms with van der Waals surface area (Å²) in [7, 11) is 0.